The summed E-state index contributed by atoms with van der Waals surface area (Å²) in [5, 5.41) is 12.1. The molecular weight excluding hydrogens is 244 g/mol. The van der Waals surface area contributed by atoms with E-state index in [9.17, 15) is 14.7 Å². The van der Waals surface area contributed by atoms with Crippen molar-refractivity contribution in [3.63, 3.8) is 0 Å². The quantitative estimate of drug-likeness (QED) is 0.760. The lowest BCUT2D eigenvalue weighted by Crippen LogP contribution is -2.41. The van der Waals surface area contributed by atoms with Gasteiger partial charge in [-0.1, -0.05) is 6.92 Å². The van der Waals surface area contributed by atoms with Gasteiger partial charge in [0.2, 0.25) is 5.91 Å². The first-order valence-corrected chi connectivity index (χ1v) is 6.99. The number of carbonyl (C=O) groups excluding carboxylic acids is 1. The predicted molar refractivity (Wildman–Crippen MR) is 73.8 cm³/mol. The van der Waals surface area contributed by atoms with Crippen molar-refractivity contribution in [1.82, 2.24) is 10.2 Å². The Kier molecular flexibility index (Phi) is 5.79. The lowest BCUT2D eigenvalue weighted by Gasteiger charge is -2.21. The molecule has 1 rings (SSSR count). The maximum Gasteiger partial charge on any atom is 0.307 e. The maximum absolute atomic E-state index is 12.2. The first kappa shape index (κ1) is 16.0. The molecule has 1 saturated carbocycles. The number of amides is 1. The molecular formula is C14H26N2O3. The van der Waals surface area contributed by atoms with Gasteiger partial charge in [0.05, 0.1) is 11.8 Å². The summed E-state index contributed by atoms with van der Waals surface area (Å²) in [6, 6.07) is 0.0836. The molecule has 0 aromatic carbocycles. The number of carboxylic acids is 1. The standard InChI is InChI=1S/C14H26N2O3/c1-9-7-11(12(8-9)14(18)19)13(17)15-10(2)5-6-16(3)4/h9-12H,5-8H2,1-4H3,(H,15,17)(H,18,19). The first-order chi connectivity index (χ1) is 8.81. The number of aliphatic carboxylic acids is 1. The van der Waals surface area contributed by atoms with Crippen molar-refractivity contribution < 1.29 is 14.7 Å². The Hall–Kier alpha value is -1.10. The van der Waals surface area contributed by atoms with Gasteiger partial charge >= 0.3 is 5.97 Å². The molecule has 0 saturated heterocycles. The fraction of sp³-hybridized carbons (Fsp3) is 0.857. The average molecular weight is 270 g/mol. The van der Waals surface area contributed by atoms with Crippen LogP contribution in [-0.2, 0) is 9.59 Å². The Morgan fingerprint density at radius 2 is 1.89 bits per heavy atom. The molecule has 19 heavy (non-hydrogen) atoms. The molecule has 0 aromatic heterocycles. The van der Waals surface area contributed by atoms with Gasteiger partial charge in [0, 0.05) is 6.04 Å². The highest BCUT2D eigenvalue weighted by molar-refractivity contribution is 5.85. The normalized spacial score (nSPS) is 28.4. The Labute approximate surface area is 115 Å². The van der Waals surface area contributed by atoms with Crippen LogP contribution in [0.3, 0.4) is 0 Å². The van der Waals surface area contributed by atoms with Crippen molar-refractivity contribution in [3.8, 4) is 0 Å². The molecule has 1 aliphatic rings. The third-order valence-corrected chi connectivity index (χ3v) is 3.85. The Morgan fingerprint density at radius 1 is 1.32 bits per heavy atom. The molecule has 5 heteroatoms. The minimum Gasteiger partial charge on any atom is -0.481 e. The Bertz CT molecular complexity index is 331. The highest BCUT2D eigenvalue weighted by Crippen LogP contribution is 2.36. The second-order valence-corrected chi connectivity index (χ2v) is 6.13. The van der Waals surface area contributed by atoms with E-state index in [1.807, 2.05) is 27.9 Å². The second-order valence-electron chi connectivity index (χ2n) is 6.13. The zero-order valence-corrected chi connectivity index (χ0v) is 12.3. The van der Waals surface area contributed by atoms with Crippen LogP contribution in [0.4, 0.5) is 0 Å². The summed E-state index contributed by atoms with van der Waals surface area (Å²) in [4.78, 5) is 25.4. The fourth-order valence-corrected chi connectivity index (χ4v) is 2.73. The summed E-state index contributed by atoms with van der Waals surface area (Å²) in [6.07, 6.45) is 2.17. The van der Waals surface area contributed by atoms with E-state index in [1.165, 1.54) is 0 Å². The fourth-order valence-electron chi connectivity index (χ4n) is 2.73. The van der Waals surface area contributed by atoms with Crippen molar-refractivity contribution >= 4 is 11.9 Å². The molecule has 0 aromatic rings. The van der Waals surface area contributed by atoms with Gasteiger partial charge < -0.3 is 15.3 Å². The first-order valence-electron chi connectivity index (χ1n) is 6.99. The molecule has 0 aliphatic heterocycles. The zero-order valence-electron chi connectivity index (χ0n) is 12.3. The molecule has 4 unspecified atom stereocenters. The van der Waals surface area contributed by atoms with Gasteiger partial charge in [-0.3, -0.25) is 9.59 Å². The van der Waals surface area contributed by atoms with Crippen molar-refractivity contribution in [2.24, 2.45) is 17.8 Å². The minimum absolute atomic E-state index is 0.0836. The van der Waals surface area contributed by atoms with E-state index >= 15 is 0 Å². The highest BCUT2D eigenvalue weighted by atomic mass is 16.4. The van der Waals surface area contributed by atoms with Crippen LogP contribution in [0.5, 0.6) is 0 Å². The van der Waals surface area contributed by atoms with Crippen LogP contribution in [0.2, 0.25) is 0 Å². The summed E-state index contributed by atoms with van der Waals surface area (Å²) in [5.74, 6) is -1.51. The van der Waals surface area contributed by atoms with Gasteiger partial charge in [0.25, 0.3) is 0 Å². The van der Waals surface area contributed by atoms with E-state index in [0.29, 0.717) is 18.8 Å². The molecule has 1 aliphatic carbocycles. The van der Waals surface area contributed by atoms with E-state index in [2.05, 4.69) is 10.2 Å². The summed E-state index contributed by atoms with van der Waals surface area (Å²) in [6.45, 7) is 4.89. The van der Waals surface area contributed by atoms with Crippen LogP contribution in [0.25, 0.3) is 0 Å². The van der Waals surface area contributed by atoms with Crippen LogP contribution in [0.15, 0.2) is 0 Å². The summed E-state index contributed by atoms with van der Waals surface area (Å²) in [7, 11) is 3.99. The highest BCUT2D eigenvalue weighted by Gasteiger charge is 2.41. The molecule has 0 spiro atoms. The van der Waals surface area contributed by atoms with Crippen LogP contribution in [-0.4, -0.2) is 48.6 Å². The molecule has 1 amide bonds. The zero-order chi connectivity index (χ0) is 14.6. The predicted octanol–water partition coefficient (Wildman–Crippen LogP) is 1.19. The van der Waals surface area contributed by atoms with Crippen LogP contribution >= 0.6 is 0 Å². The van der Waals surface area contributed by atoms with Crippen molar-refractivity contribution in [3.05, 3.63) is 0 Å². The van der Waals surface area contributed by atoms with Crippen molar-refractivity contribution in [2.75, 3.05) is 20.6 Å². The molecule has 0 radical (unpaired) electrons. The van der Waals surface area contributed by atoms with Crippen LogP contribution in [0, 0.1) is 17.8 Å². The van der Waals surface area contributed by atoms with E-state index in [4.69, 9.17) is 0 Å². The number of hydrogen-bond acceptors (Lipinski definition) is 3. The topological polar surface area (TPSA) is 69.6 Å². The smallest absolute Gasteiger partial charge is 0.307 e. The van der Waals surface area contributed by atoms with E-state index in [-0.39, 0.29) is 17.9 Å². The number of carboxylic acid groups (broad SMARTS) is 1. The molecule has 0 heterocycles. The lowest BCUT2D eigenvalue weighted by molar-refractivity contribution is -0.146. The summed E-state index contributed by atoms with van der Waals surface area (Å²) >= 11 is 0. The van der Waals surface area contributed by atoms with E-state index in [1.54, 1.807) is 0 Å². The van der Waals surface area contributed by atoms with Crippen molar-refractivity contribution in [1.29, 1.82) is 0 Å². The van der Waals surface area contributed by atoms with Gasteiger partial charge in [-0.25, -0.2) is 0 Å². The van der Waals surface area contributed by atoms with Gasteiger partial charge in [-0.05, 0) is 52.7 Å². The summed E-state index contributed by atoms with van der Waals surface area (Å²) < 4.78 is 0. The van der Waals surface area contributed by atoms with Gasteiger partial charge in [0.15, 0.2) is 0 Å². The lowest BCUT2D eigenvalue weighted by atomic mass is 9.95. The number of nitrogens with zero attached hydrogens (tertiary/aromatic N) is 1. The molecule has 4 atom stereocenters. The number of rotatable bonds is 6. The average Bonchev–Trinajstić information content (AvgIpc) is 2.69. The van der Waals surface area contributed by atoms with Crippen LogP contribution < -0.4 is 5.32 Å². The number of hydrogen-bond donors (Lipinski definition) is 2. The SMILES string of the molecule is CC1CC(C(=O)O)C(C(=O)NC(C)CCN(C)C)C1. The maximum atomic E-state index is 12.2. The van der Waals surface area contributed by atoms with Gasteiger partial charge in [-0.15, -0.1) is 0 Å². The van der Waals surface area contributed by atoms with Crippen molar-refractivity contribution in [2.45, 2.75) is 39.2 Å². The minimum atomic E-state index is -0.842. The molecule has 1 fully saturated rings. The van der Waals surface area contributed by atoms with E-state index in [0.717, 1.165) is 13.0 Å². The Balaban J connectivity index is 2.50. The van der Waals surface area contributed by atoms with Gasteiger partial charge in [-0.2, -0.15) is 0 Å². The third kappa shape index (κ3) is 4.82. The molecule has 110 valence electrons. The summed E-state index contributed by atoms with van der Waals surface area (Å²) in [5.41, 5.74) is 0. The molecule has 2 N–H and O–H groups in total. The molecule has 5 nitrogen and oxygen atoms in total. The monoisotopic (exact) mass is 270 g/mol. The number of carbonyl (C=O) groups is 2. The largest absolute Gasteiger partial charge is 0.481 e. The van der Waals surface area contributed by atoms with E-state index < -0.39 is 11.9 Å². The number of nitrogens with one attached hydrogen (secondary N) is 1. The second kappa shape index (κ2) is 6.89. The third-order valence-electron chi connectivity index (χ3n) is 3.85. The van der Waals surface area contributed by atoms with Crippen LogP contribution in [0.1, 0.15) is 33.1 Å². The molecule has 0 bridgehead atoms. The van der Waals surface area contributed by atoms with Gasteiger partial charge in [0.1, 0.15) is 0 Å². The Morgan fingerprint density at radius 3 is 2.42 bits per heavy atom.